The average Bonchev–Trinajstić information content (AvgIpc) is 3.39. The standard InChI is InChI=1S/C18H21N3O/c1-21(13-10-14-8-11-19-12-9-14)17-6-4-16(5-7-17)20-18(22)15-2-3-15/h4-9,11-12,15H,2-3,10,13H2,1H3,(H,20,22). The SMILES string of the molecule is CN(CCc1ccncc1)c1ccc(NC(=O)C2CC2)cc1. The Bertz CT molecular complexity index is 621. The van der Waals surface area contributed by atoms with Gasteiger partial charge in [-0.1, -0.05) is 0 Å². The smallest absolute Gasteiger partial charge is 0.227 e. The van der Waals surface area contributed by atoms with Crippen molar-refractivity contribution in [2.24, 2.45) is 5.92 Å². The van der Waals surface area contributed by atoms with Gasteiger partial charge in [-0.05, 0) is 61.2 Å². The summed E-state index contributed by atoms with van der Waals surface area (Å²) in [5, 5.41) is 2.96. The van der Waals surface area contributed by atoms with Crippen molar-refractivity contribution in [3.63, 3.8) is 0 Å². The van der Waals surface area contributed by atoms with Gasteiger partial charge in [-0.3, -0.25) is 9.78 Å². The molecule has 4 nitrogen and oxygen atoms in total. The first kappa shape index (κ1) is 14.6. The molecular weight excluding hydrogens is 274 g/mol. The minimum Gasteiger partial charge on any atom is -0.374 e. The minimum absolute atomic E-state index is 0.152. The molecule has 1 aromatic carbocycles. The van der Waals surface area contributed by atoms with Crippen molar-refractivity contribution in [3.8, 4) is 0 Å². The van der Waals surface area contributed by atoms with Gasteiger partial charge in [0.05, 0.1) is 0 Å². The molecule has 22 heavy (non-hydrogen) atoms. The lowest BCUT2D eigenvalue weighted by atomic mass is 10.2. The molecule has 114 valence electrons. The maximum absolute atomic E-state index is 11.7. The van der Waals surface area contributed by atoms with Crippen LogP contribution in [0.5, 0.6) is 0 Å². The van der Waals surface area contributed by atoms with Crippen molar-refractivity contribution in [2.45, 2.75) is 19.3 Å². The van der Waals surface area contributed by atoms with E-state index in [1.54, 1.807) is 0 Å². The summed E-state index contributed by atoms with van der Waals surface area (Å²) < 4.78 is 0. The van der Waals surface area contributed by atoms with Crippen LogP contribution < -0.4 is 10.2 Å². The molecule has 1 N–H and O–H groups in total. The van der Waals surface area contributed by atoms with Crippen molar-refractivity contribution < 1.29 is 4.79 Å². The Morgan fingerprint density at radius 2 is 1.86 bits per heavy atom. The molecule has 0 radical (unpaired) electrons. The third-order valence-corrected chi connectivity index (χ3v) is 4.01. The molecule has 1 aromatic heterocycles. The molecule has 0 spiro atoms. The number of anilines is 2. The number of hydrogen-bond donors (Lipinski definition) is 1. The van der Waals surface area contributed by atoms with Gasteiger partial charge in [-0.25, -0.2) is 0 Å². The van der Waals surface area contributed by atoms with Gasteiger partial charge in [0.1, 0.15) is 0 Å². The quantitative estimate of drug-likeness (QED) is 0.890. The second-order valence-corrected chi connectivity index (χ2v) is 5.84. The first-order chi connectivity index (χ1) is 10.7. The highest BCUT2D eigenvalue weighted by Gasteiger charge is 2.29. The molecule has 1 aliphatic carbocycles. The van der Waals surface area contributed by atoms with E-state index in [9.17, 15) is 4.79 Å². The fourth-order valence-corrected chi connectivity index (χ4v) is 2.36. The summed E-state index contributed by atoms with van der Waals surface area (Å²) in [7, 11) is 2.08. The van der Waals surface area contributed by atoms with Gasteiger partial charge >= 0.3 is 0 Å². The van der Waals surface area contributed by atoms with E-state index in [-0.39, 0.29) is 11.8 Å². The second-order valence-electron chi connectivity index (χ2n) is 5.84. The second kappa shape index (κ2) is 6.60. The zero-order chi connectivity index (χ0) is 15.4. The van der Waals surface area contributed by atoms with Crippen LogP contribution in [0.4, 0.5) is 11.4 Å². The van der Waals surface area contributed by atoms with Crippen molar-refractivity contribution in [1.82, 2.24) is 4.98 Å². The van der Waals surface area contributed by atoms with Crippen molar-refractivity contribution in [1.29, 1.82) is 0 Å². The summed E-state index contributed by atoms with van der Waals surface area (Å²) in [6.07, 6.45) is 6.70. The number of nitrogens with one attached hydrogen (secondary N) is 1. The van der Waals surface area contributed by atoms with E-state index in [1.807, 2.05) is 36.7 Å². The molecule has 0 aliphatic heterocycles. The lowest BCUT2D eigenvalue weighted by molar-refractivity contribution is -0.117. The number of amides is 1. The molecule has 0 unspecified atom stereocenters. The molecule has 0 saturated heterocycles. The van der Waals surface area contributed by atoms with Gasteiger partial charge in [0.15, 0.2) is 0 Å². The molecule has 0 atom stereocenters. The summed E-state index contributed by atoms with van der Waals surface area (Å²) in [5.41, 5.74) is 3.32. The number of hydrogen-bond acceptors (Lipinski definition) is 3. The summed E-state index contributed by atoms with van der Waals surface area (Å²) in [5.74, 6) is 0.390. The Hall–Kier alpha value is -2.36. The predicted octanol–water partition coefficient (Wildman–Crippen LogP) is 3.11. The van der Waals surface area contributed by atoms with E-state index in [4.69, 9.17) is 0 Å². The van der Waals surface area contributed by atoms with E-state index in [0.29, 0.717) is 0 Å². The molecule has 4 heteroatoms. The molecule has 1 aliphatic rings. The van der Waals surface area contributed by atoms with Crippen LogP contribution in [0.2, 0.25) is 0 Å². The number of carbonyl (C=O) groups excluding carboxylic acids is 1. The zero-order valence-corrected chi connectivity index (χ0v) is 12.8. The van der Waals surface area contributed by atoms with Crippen molar-refractivity contribution >= 4 is 17.3 Å². The van der Waals surface area contributed by atoms with E-state index in [2.05, 4.69) is 34.4 Å². The van der Waals surface area contributed by atoms with Crippen LogP contribution in [0.3, 0.4) is 0 Å². The number of aromatic nitrogens is 1. The number of likely N-dealkylation sites (N-methyl/N-ethyl adjacent to an activating group) is 1. The summed E-state index contributed by atoms with van der Waals surface area (Å²) >= 11 is 0. The molecule has 1 saturated carbocycles. The predicted molar refractivity (Wildman–Crippen MR) is 89.0 cm³/mol. The van der Waals surface area contributed by atoms with Gasteiger partial charge < -0.3 is 10.2 Å². The molecule has 0 bridgehead atoms. The monoisotopic (exact) mass is 295 g/mol. The lowest BCUT2D eigenvalue weighted by Gasteiger charge is -2.19. The number of rotatable bonds is 6. The summed E-state index contributed by atoms with van der Waals surface area (Å²) in [4.78, 5) is 18.0. The van der Waals surface area contributed by atoms with Gasteiger partial charge in [0, 0.05) is 43.3 Å². The Kier molecular flexibility index (Phi) is 4.37. The third kappa shape index (κ3) is 3.85. The van der Waals surface area contributed by atoms with E-state index < -0.39 is 0 Å². The van der Waals surface area contributed by atoms with Crippen molar-refractivity contribution in [3.05, 3.63) is 54.4 Å². The van der Waals surface area contributed by atoms with Gasteiger partial charge in [-0.15, -0.1) is 0 Å². The fraction of sp³-hybridized carbons (Fsp3) is 0.333. The maximum atomic E-state index is 11.7. The van der Waals surface area contributed by atoms with Crippen LogP contribution in [0.25, 0.3) is 0 Å². The highest BCUT2D eigenvalue weighted by molar-refractivity contribution is 5.94. The van der Waals surface area contributed by atoms with Gasteiger partial charge in [-0.2, -0.15) is 0 Å². The zero-order valence-electron chi connectivity index (χ0n) is 12.8. The normalized spacial score (nSPS) is 13.7. The number of nitrogens with zero attached hydrogens (tertiary/aromatic N) is 2. The Morgan fingerprint density at radius 3 is 2.50 bits per heavy atom. The Morgan fingerprint density at radius 1 is 1.18 bits per heavy atom. The van der Waals surface area contributed by atoms with E-state index in [1.165, 1.54) is 5.56 Å². The number of benzene rings is 1. The molecule has 3 rings (SSSR count). The topological polar surface area (TPSA) is 45.2 Å². The van der Waals surface area contributed by atoms with E-state index in [0.717, 1.165) is 37.2 Å². The lowest BCUT2D eigenvalue weighted by Crippen LogP contribution is -2.20. The van der Waals surface area contributed by atoms with E-state index >= 15 is 0 Å². The Labute approximate surface area is 131 Å². The Balaban J connectivity index is 1.53. The molecule has 2 aromatic rings. The van der Waals surface area contributed by atoms with Crippen LogP contribution >= 0.6 is 0 Å². The highest BCUT2D eigenvalue weighted by atomic mass is 16.2. The van der Waals surface area contributed by atoms with Gasteiger partial charge in [0.25, 0.3) is 0 Å². The number of carbonyl (C=O) groups is 1. The minimum atomic E-state index is 0.152. The highest BCUT2D eigenvalue weighted by Crippen LogP contribution is 2.30. The third-order valence-electron chi connectivity index (χ3n) is 4.01. The fourth-order valence-electron chi connectivity index (χ4n) is 2.36. The summed E-state index contributed by atoms with van der Waals surface area (Å²) in [6.45, 7) is 0.942. The van der Waals surface area contributed by atoms with Crippen LogP contribution in [0.15, 0.2) is 48.8 Å². The molecular formula is C18H21N3O. The molecule has 1 fully saturated rings. The van der Waals surface area contributed by atoms with Crippen LogP contribution in [0.1, 0.15) is 18.4 Å². The molecule has 1 heterocycles. The maximum Gasteiger partial charge on any atom is 0.227 e. The van der Waals surface area contributed by atoms with Crippen LogP contribution in [-0.4, -0.2) is 24.5 Å². The van der Waals surface area contributed by atoms with Crippen molar-refractivity contribution in [2.75, 3.05) is 23.8 Å². The average molecular weight is 295 g/mol. The summed E-state index contributed by atoms with van der Waals surface area (Å²) in [6, 6.07) is 12.1. The molecule has 1 amide bonds. The van der Waals surface area contributed by atoms with Crippen LogP contribution in [-0.2, 0) is 11.2 Å². The first-order valence-corrected chi connectivity index (χ1v) is 7.73. The number of pyridine rings is 1. The van der Waals surface area contributed by atoms with Gasteiger partial charge in [0.2, 0.25) is 5.91 Å². The largest absolute Gasteiger partial charge is 0.374 e. The first-order valence-electron chi connectivity index (χ1n) is 7.73. The van der Waals surface area contributed by atoms with Crippen LogP contribution in [0, 0.1) is 5.92 Å².